The number of carbonyl (C=O) groups excluding carboxylic acids is 4. The lowest BCUT2D eigenvalue weighted by atomic mass is 9.93. The van der Waals surface area contributed by atoms with E-state index >= 15 is 0 Å². The molecule has 10 heterocycles. The van der Waals surface area contributed by atoms with E-state index in [9.17, 15) is 147 Å². The average Bonchev–Trinajstić information content (AvgIpc) is 0.762. The Balaban J connectivity index is 0.966. The molecule has 29 N–H and O–H groups in total. The van der Waals surface area contributed by atoms with Gasteiger partial charge in [0.25, 0.3) is 0 Å². The van der Waals surface area contributed by atoms with Crippen LogP contribution in [0.4, 0.5) is 0 Å². The van der Waals surface area contributed by atoms with Crippen molar-refractivity contribution in [1.29, 1.82) is 0 Å². The first-order valence-corrected chi connectivity index (χ1v) is 38.8. The molecular formula is C68H114N4O49. The smallest absolute Gasteiger partial charge is 0.217 e. The standard InChI is InChI=1S/C68H114N4O49/c1-16-34(85)44(95)48(99)64(105-16)120-57-46(97)37(88)23(8-74)110-67(57)117-53-33(72-20(5)83)62(107-24(9-75)38(53)89)115-51-27(12-78)112-61(32(42(51)93)71-19(4)82)119-56-45(96)36(87)22(7-73)109-66(56)104-15-29-40(91)55(118-65-49(100)54(102-6)39(90)25(10-76)108-65)58(121-63-47(98)35(86)21(84)14-103-63)68(113-29)116-52-28(13-79)111-60(31(43(52)94)70-18(3)81)114-50-26(11-77)106-59(101)30(41(50)92)69-17(2)80/h16,21-68,73-79,84-101H,7-15H2,1-6H3,(H,69,80)(H,70,81)(H,71,82)(H,72,83)/t16-,21+,22+,23+,24+,25+,26+,27+,28+,29+,30+,31+,32+,33+,34+,35-,36+,37-,38-,39+,40+,41+,42+,43+,44+,45-,46-,47+,48-,49-,50+,51+,52+,53+,54-,55-,56-,57+,58-,59+,60-,61-,62-,63-,64-,65+,66-,67-,68-/m0/s1. The maximum Gasteiger partial charge on any atom is 0.217 e. The van der Waals surface area contributed by atoms with Gasteiger partial charge in [0.1, 0.15) is 232 Å². The predicted octanol–water partition coefficient (Wildman–Crippen LogP) is -19.9. The zero-order valence-electron chi connectivity index (χ0n) is 65.6. The minimum atomic E-state index is -2.42. The van der Waals surface area contributed by atoms with Gasteiger partial charge in [-0.2, -0.15) is 0 Å². The van der Waals surface area contributed by atoms with Crippen molar-refractivity contribution in [3.8, 4) is 0 Å². The number of nitrogens with one attached hydrogen (secondary N) is 4. The minimum Gasteiger partial charge on any atom is -0.394 e. The highest BCUT2D eigenvalue weighted by Crippen LogP contribution is 2.41. The molecule has 53 nitrogen and oxygen atoms in total. The summed E-state index contributed by atoms with van der Waals surface area (Å²) in [5, 5.41) is 290. The Hall–Kier alpha value is -3.92. The monoisotopic (exact) mass is 1770 g/mol. The highest BCUT2D eigenvalue weighted by atomic mass is 16.8. The molecule has 700 valence electrons. The molecule has 0 unspecified atom stereocenters. The van der Waals surface area contributed by atoms with Crippen LogP contribution in [0.2, 0.25) is 0 Å². The lowest BCUT2D eigenvalue weighted by Gasteiger charge is -2.52. The van der Waals surface area contributed by atoms with Crippen LogP contribution < -0.4 is 21.3 Å². The van der Waals surface area contributed by atoms with Gasteiger partial charge in [0.2, 0.25) is 23.6 Å². The number of rotatable bonds is 31. The summed E-state index contributed by atoms with van der Waals surface area (Å²) in [6.07, 6.45) is -91.4. The van der Waals surface area contributed by atoms with E-state index in [0.717, 1.165) is 34.8 Å². The molecular weight excluding hydrogens is 1660 g/mol. The molecule has 10 aliphatic rings. The van der Waals surface area contributed by atoms with Crippen molar-refractivity contribution in [2.75, 3.05) is 66.6 Å². The maximum atomic E-state index is 13.3. The third kappa shape index (κ3) is 22.0. The van der Waals surface area contributed by atoms with Crippen LogP contribution in [0.5, 0.6) is 0 Å². The molecule has 0 saturated carbocycles. The van der Waals surface area contributed by atoms with Gasteiger partial charge >= 0.3 is 0 Å². The molecule has 0 aliphatic carbocycles. The average molecular weight is 1770 g/mol. The van der Waals surface area contributed by atoms with E-state index in [0.29, 0.717) is 0 Å². The summed E-state index contributed by atoms with van der Waals surface area (Å²) in [5.41, 5.74) is 0. The highest BCUT2D eigenvalue weighted by molar-refractivity contribution is 5.74. The Morgan fingerprint density at radius 2 is 0.620 bits per heavy atom. The molecule has 49 atom stereocenters. The fourth-order valence-electron chi connectivity index (χ4n) is 15.8. The molecule has 121 heavy (non-hydrogen) atoms. The van der Waals surface area contributed by atoms with Crippen LogP contribution in [-0.2, 0) is 114 Å². The highest BCUT2D eigenvalue weighted by Gasteiger charge is 2.62. The first-order chi connectivity index (χ1) is 57.3. The molecule has 0 spiro atoms. The van der Waals surface area contributed by atoms with E-state index < -0.39 is 384 Å². The van der Waals surface area contributed by atoms with Gasteiger partial charge in [-0.3, -0.25) is 19.2 Å². The van der Waals surface area contributed by atoms with E-state index in [-0.39, 0.29) is 0 Å². The van der Waals surface area contributed by atoms with Crippen LogP contribution in [0.1, 0.15) is 34.6 Å². The summed E-state index contributed by atoms with van der Waals surface area (Å²) in [6, 6.07) is -7.52. The Kier molecular flexibility index (Phi) is 35.6. The largest absolute Gasteiger partial charge is 0.394 e. The maximum absolute atomic E-state index is 13.3. The molecule has 53 heteroatoms. The zero-order chi connectivity index (χ0) is 88.9. The zero-order valence-corrected chi connectivity index (χ0v) is 65.6. The number of hydrogen-bond donors (Lipinski definition) is 29. The van der Waals surface area contributed by atoms with Gasteiger partial charge in [0.15, 0.2) is 62.9 Å². The Labute approximate surface area is 686 Å². The van der Waals surface area contributed by atoms with E-state index in [1.54, 1.807) is 0 Å². The predicted molar refractivity (Wildman–Crippen MR) is 373 cm³/mol. The summed E-state index contributed by atoms with van der Waals surface area (Å²) in [7, 11) is 1.03. The minimum absolute atomic E-state index is 0.786. The van der Waals surface area contributed by atoms with Crippen molar-refractivity contribution in [3.05, 3.63) is 0 Å². The Morgan fingerprint density at radius 3 is 1.12 bits per heavy atom. The van der Waals surface area contributed by atoms with Crippen LogP contribution in [0.3, 0.4) is 0 Å². The third-order valence-corrected chi connectivity index (χ3v) is 22.3. The van der Waals surface area contributed by atoms with Gasteiger partial charge in [0.05, 0.1) is 65.6 Å². The first kappa shape index (κ1) is 99.2. The normalized spacial score (nSPS) is 49.4. The summed E-state index contributed by atoms with van der Waals surface area (Å²) < 4.78 is 120. The number of hydrogen-bond acceptors (Lipinski definition) is 49. The van der Waals surface area contributed by atoms with Crippen molar-refractivity contribution in [3.63, 3.8) is 0 Å². The van der Waals surface area contributed by atoms with Crippen LogP contribution in [-0.4, -0.2) is 519 Å². The molecule has 10 saturated heterocycles. The Bertz CT molecular complexity index is 3250. The molecule has 4 amide bonds. The van der Waals surface area contributed by atoms with Gasteiger partial charge in [-0.05, 0) is 6.92 Å². The van der Waals surface area contributed by atoms with Crippen molar-refractivity contribution >= 4 is 23.6 Å². The van der Waals surface area contributed by atoms with E-state index in [2.05, 4.69) is 21.3 Å². The van der Waals surface area contributed by atoms with E-state index in [1.165, 1.54) is 6.92 Å². The molecule has 10 fully saturated rings. The van der Waals surface area contributed by atoms with Gasteiger partial charge in [-0.25, -0.2) is 0 Å². The lowest BCUT2D eigenvalue weighted by molar-refractivity contribution is -0.406. The fourth-order valence-corrected chi connectivity index (χ4v) is 15.8. The number of amides is 4. The van der Waals surface area contributed by atoms with Crippen LogP contribution in [0.15, 0.2) is 0 Å². The van der Waals surface area contributed by atoms with Gasteiger partial charge in [0, 0.05) is 34.8 Å². The second-order valence-electron chi connectivity index (χ2n) is 30.7. The van der Waals surface area contributed by atoms with E-state index in [1.807, 2.05) is 0 Å². The quantitative estimate of drug-likeness (QED) is 0.0306. The Morgan fingerprint density at radius 1 is 0.281 bits per heavy atom. The third-order valence-electron chi connectivity index (χ3n) is 22.3. The molecule has 0 aromatic rings. The van der Waals surface area contributed by atoms with Crippen LogP contribution >= 0.6 is 0 Å². The molecule has 10 rings (SSSR count). The summed E-state index contributed by atoms with van der Waals surface area (Å²) in [4.78, 5) is 51.8. The molecule has 0 bridgehead atoms. The van der Waals surface area contributed by atoms with Crippen molar-refractivity contribution < 1.29 is 242 Å². The number of methoxy groups -OCH3 is 1. The summed E-state index contributed by atoms with van der Waals surface area (Å²) >= 11 is 0. The van der Waals surface area contributed by atoms with Gasteiger partial charge < -0.3 is 244 Å². The van der Waals surface area contributed by atoms with Crippen LogP contribution in [0, 0.1) is 0 Å². The van der Waals surface area contributed by atoms with Gasteiger partial charge in [-0.15, -0.1) is 0 Å². The second-order valence-corrected chi connectivity index (χ2v) is 30.7. The summed E-state index contributed by atoms with van der Waals surface area (Å²) in [6.45, 7) is -4.57. The van der Waals surface area contributed by atoms with Crippen LogP contribution in [0.25, 0.3) is 0 Å². The second kappa shape index (κ2) is 43.5. The fraction of sp³-hybridized carbons (Fsp3) is 0.941. The van der Waals surface area contributed by atoms with E-state index in [4.69, 9.17) is 94.7 Å². The molecule has 0 aromatic heterocycles. The first-order valence-electron chi connectivity index (χ1n) is 38.8. The van der Waals surface area contributed by atoms with Crippen molar-refractivity contribution in [2.45, 2.75) is 335 Å². The number of aliphatic hydroxyl groups is 25. The van der Waals surface area contributed by atoms with Crippen molar-refractivity contribution in [2.24, 2.45) is 0 Å². The topological polar surface area (TPSA) is 807 Å². The summed E-state index contributed by atoms with van der Waals surface area (Å²) in [5.74, 6) is -3.66. The van der Waals surface area contributed by atoms with Crippen molar-refractivity contribution in [1.82, 2.24) is 21.3 Å². The number of aliphatic hydroxyl groups excluding tert-OH is 25. The molecule has 10 aliphatic heterocycles. The molecule has 0 radical (unpaired) electrons. The van der Waals surface area contributed by atoms with Gasteiger partial charge in [-0.1, -0.05) is 0 Å². The lowest BCUT2D eigenvalue weighted by Crippen LogP contribution is -2.71. The number of carbonyl (C=O) groups is 4. The number of ether oxygens (including phenoxy) is 20. The molecule has 0 aromatic carbocycles. The SMILES string of the molecule is CO[C@@H]1[C@H](O)[C@@H](O[C@H]2[C@H](O)[C@@H](CO[C@H]3O[C@H](CO)[C@@H](O)[C@H](O)[C@@H]3O[C@@H]3O[C@H](CO)[C@@H](O[C@@H]4O[C@H](CO)[C@H](O)[C@H](O[C@@H]5O[C@H](CO)[C@H](O)[C@H](O)[C@H]5O[C@@H]5O[C@@H](C)[C@@H](O)[C@@H](O)[C@@H]5O)[C@H]4NC(C)=O)[C@H](O)[C@H]3NC(C)=O)O[C@@H](O[C@H]3[C@H](O)[C@@H](NC(C)=O)[C@H](O[C@H]4[C@H](O)[C@@H](NC(C)=O)[C@H](O)O[C@@H]4CO)O[C@@H]3CO)[C@H]2O[C@@H]2OC[C@@H](O)[C@H](O)[C@H]2O)O[C@H](CO)[C@H]1O.